The molecule has 0 bridgehead atoms. The SMILES string of the molecule is C[C@H]1CCO[P@@](=[Se])(Cc2ccccc2)O1. The molecule has 1 fully saturated rings. The maximum absolute atomic E-state index is 5.91. The molecule has 1 aromatic carbocycles. The summed E-state index contributed by atoms with van der Waals surface area (Å²) in [6.45, 7) is 2.92. The Morgan fingerprint density at radius 2 is 2.13 bits per heavy atom. The molecule has 1 aliphatic rings. The van der Waals surface area contributed by atoms with E-state index >= 15 is 0 Å². The zero-order valence-corrected chi connectivity index (χ0v) is 11.4. The van der Waals surface area contributed by atoms with E-state index in [2.05, 4.69) is 46.3 Å². The molecule has 1 heterocycles. The Morgan fingerprint density at radius 3 is 2.80 bits per heavy atom. The Morgan fingerprint density at radius 1 is 1.40 bits per heavy atom. The van der Waals surface area contributed by atoms with Gasteiger partial charge in [-0.25, -0.2) is 0 Å². The van der Waals surface area contributed by atoms with Gasteiger partial charge in [0.25, 0.3) is 0 Å². The summed E-state index contributed by atoms with van der Waals surface area (Å²) in [5.74, 6) is -1.77. The van der Waals surface area contributed by atoms with E-state index in [9.17, 15) is 0 Å². The van der Waals surface area contributed by atoms with Gasteiger partial charge in [-0.05, 0) is 0 Å². The first kappa shape index (κ1) is 11.6. The van der Waals surface area contributed by atoms with Gasteiger partial charge < -0.3 is 0 Å². The van der Waals surface area contributed by atoms with E-state index in [0.29, 0.717) is 6.10 Å². The second-order valence-corrected chi connectivity index (χ2v) is 9.30. The third kappa shape index (κ3) is 3.27. The van der Waals surface area contributed by atoms with Crippen molar-refractivity contribution in [2.24, 2.45) is 0 Å². The molecule has 82 valence electrons. The van der Waals surface area contributed by atoms with Crippen LogP contribution in [-0.2, 0) is 15.2 Å². The number of rotatable bonds is 2. The average molecular weight is 289 g/mol. The van der Waals surface area contributed by atoms with Crippen LogP contribution in [0.1, 0.15) is 18.9 Å². The van der Waals surface area contributed by atoms with Gasteiger partial charge in [-0.1, -0.05) is 0 Å². The summed E-state index contributed by atoms with van der Waals surface area (Å²) in [4.78, 5) is 0. The zero-order chi connectivity index (χ0) is 10.7. The van der Waals surface area contributed by atoms with Crippen LogP contribution in [0.3, 0.4) is 0 Å². The molecule has 0 saturated carbocycles. The molecule has 0 aromatic heterocycles. The zero-order valence-electron chi connectivity index (χ0n) is 8.76. The summed E-state index contributed by atoms with van der Waals surface area (Å²) >= 11 is 3.14. The fraction of sp³-hybridized carbons (Fsp3) is 0.455. The van der Waals surface area contributed by atoms with Crippen molar-refractivity contribution >= 4 is 21.1 Å². The second-order valence-electron chi connectivity index (χ2n) is 3.79. The van der Waals surface area contributed by atoms with Crippen LogP contribution in [0.5, 0.6) is 0 Å². The van der Waals surface area contributed by atoms with Crippen molar-refractivity contribution in [1.82, 2.24) is 0 Å². The van der Waals surface area contributed by atoms with Gasteiger partial charge in [0.05, 0.1) is 0 Å². The molecule has 0 spiro atoms. The quantitative estimate of drug-likeness (QED) is 0.615. The van der Waals surface area contributed by atoms with Crippen molar-refractivity contribution < 1.29 is 9.05 Å². The number of benzene rings is 1. The van der Waals surface area contributed by atoms with Crippen molar-refractivity contribution in [2.45, 2.75) is 25.6 Å². The van der Waals surface area contributed by atoms with Gasteiger partial charge in [0.1, 0.15) is 0 Å². The van der Waals surface area contributed by atoms with E-state index in [0.717, 1.165) is 19.2 Å². The fourth-order valence-corrected chi connectivity index (χ4v) is 5.86. The van der Waals surface area contributed by atoms with Crippen LogP contribution in [-0.4, -0.2) is 27.8 Å². The van der Waals surface area contributed by atoms with Crippen molar-refractivity contribution in [3.63, 3.8) is 0 Å². The van der Waals surface area contributed by atoms with Crippen molar-refractivity contribution in [3.8, 4) is 0 Å². The first-order valence-corrected chi connectivity index (χ1v) is 9.16. The van der Waals surface area contributed by atoms with Gasteiger partial charge in [-0.15, -0.1) is 0 Å². The minimum absolute atomic E-state index is 0.317. The Hall–Kier alpha value is 0.0895. The van der Waals surface area contributed by atoms with Crippen LogP contribution < -0.4 is 0 Å². The Balaban J connectivity index is 2.07. The molecule has 0 N–H and O–H groups in total. The first-order chi connectivity index (χ1) is 7.18. The van der Waals surface area contributed by atoms with Gasteiger partial charge in [-0.2, -0.15) is 0 Å². The summed E-state index contributed by atoms with van der Waals surface area (Å²) < 4.78 is 11.7. The molecule has 0 aliphatic carbocycles. The molecular weight excluding hydrogens is 274 g/mol. The Kier molecular flexibility index (Phi) is 3.82. The molecule has 0 unspecified atom stereocenters. The second kappa shape index (κ2) is 4.95. The summed E-state index contributed by atoms with van der Waals surface area (Å²) in [6, 6.07) is 10.4. The molecule has 2 rings (SSSR count). The van der Waals surface area contributed by atoms with E-state index in [-0.39, 0.29) is 0 Å². The van der Waals surface area contributed by atoms with Crippen molar-refractivity contribution in [2.75, 3.05) is 6.61 Å². The summed E-state index contributed by atoms with van der Waals surface area (Å²) in [5, 5.41) is 0. The van der Waals surface area contributed by atoms with E-state index in [1.54, 1.807) is 0 Å². The van der Waals surface area contributed by atoms with Gasteiger partial charge in [0, 0.05) is 0 Å². The standard InChI is InChI=1S/C11H15O2PSe/c1-10-7-8-12-14(15,13-10)9-11-5-3-2-4-6-11/h2-6,10H,7-9H2,1H3/t10-,14-/m0/s1. The normalized spacial score (nSPS) is 31.4. The Labute approximate surface area is 98.4 Å². The minimum atomic E-state index is -1.77. The fourth-order valence-electron chi connectivity index (χ4n) is 1.60. The van der Waals surface area contributed by atoms with Crippen LogP contribution in [0.2, 0.25) is 0 Å². The Bertz CT molecular complexity index is 366. The van der Waals surface area contributed by atoms with Gasteiger partial charge in [0.2, 0.25) is 0 Å². The van der Waals surface area contributed by atoms with E-state index in [1.165, 1.54) is 5.56 Å². The molecule has 1 aliphatic heterocycles. The predicted octanol–water partition coefficient (Wildman–Crippen LogP) is 2.94. The van der Waals surface area contributed by atoms with Crippen molar-refractivity contribution in [1.29, 1.82) is 0 Å². The monoisotopic (exact) mass is 290 g/mol. The van der Waals surface area contributed by atoms with Crippen LogP contribution in [0.25, 0.3) is 0 Å². The first-order valence-electron chi connectivity index (χ1n) is 5.14. The predicted molar refractivity (Wildman–Crippen MR) is 63.9 cm³/mol. The van der Waals surface area contributed by atoms with Crippen LogP contribution in [0.4, 0.5) is 0 Å². The van der Waals surface area contributed by atoms with E-state index in [1.807, 2.05) is 6.07 Å². The molecular formula is C11H15O2PSe. The average Bonchev–Trinajstić information content (AvgIpc) is 2.18. The van der Waals surface area contributed by atoms with Crippen LogP contribution >= 0.6 is 5.96 Å². The molecule has 1 aromatic rings. The van der Waals surface area contributed by atoms with Gasteiger partial charge >= 0.3 is 98.2 Å². The molecule has 0 amide bonds. The summed E-state index contributed by atoms with van der Waals surface area (Å²) in [5.41, 5.74) is 1.28. The molecule has 1 saturated heterocycles. The molecule has 2 atom stereocenters. The van der Waals surface area contributed by atoms with Crippen LogP contribution in [0, 0.1) is 0 Å². The summed E-state index contributed by atoms with van der Waals surface area (Å²) in [7, 11) is 0. The summed E-state index contributed by atoms with van der Waals surface area (Å²) in [6.07, 6.45) is 2.19. The third-order valence-electron chi connectivity index (χ3n) is 2.37. The van der Waals surface area contributed by atoms with Gasteiger partial charge in [0.15, 0.2) is 0 Å². The molecule has 4 heteroatoms. The molecule has 15 heavy (non-hydrogen) atoms. The van der Waals surface area contributed by atoms with Gasteiger partial charge in [-0.3, -0.25) is 0 Å². The molecule has 2 nitrogen and oxygen atoms in total. The molecule has 0 radical (unpaired) electrons. The number of hydrogen-bond acceptors (Lipinski definition) is 2. The maximum atomic E-state index is 5.91. The topological polar surface area (TPSA) is 18.5 Å². The third-order valence-corrected chi connectivity index (χ3v) is 6.40. The number of hydrogen-bond donors (Lipinski definition) is 0. The van der Waals surface area contributed by atoms with E-state index in [4.69, 9.17) is 9.05 Å². The van der Waals surface area contributed by atoms with Crippen LogP contribution in [0.15, 0.2) is 30.3 Å². The van der Waals surface area contributed by atoms with E-state index < -0.39 is 5.96 Å². The van der Waals surface area contributed by atoms with Crippen molar-refractivity contribution in [3.05, 3.63) is 35.9 Å².